The second-order valence-electron chi connectivity index (χ2n) is 4.00. The Kier molecular flexibility index (Phi) is 5.00. The fourth-order valence-electron chi connectivity index (χ4n) is 1.68. The number of rotatable bonds is 4. The number of alkyl halides is 1. The van der Waals surface area contributed by atoms with Gasteiger partial charge in [0.1, 0.15) is 0 Å². The van der Waals surface area contributed by atoms with E-state index in [4.69, 9.17) is 0 Å². The minimum Gasteiger partial charge on any atom is -0.348 e. The topological polar surface area (TPSA) is 29.1 Å². The highest BCUT2D eigenvalue weighted by Gasteiger charge is 2.14. The fourth-order valence-corrected chi connectivity index (χ4v) is 2.30. The van der Waals surface area contributed by atoms with E-state index in [1.165, 1.54) is 0 Å². The highest BCUT2D eigenvalue weighted by molar-refractivity contribution is 9.09. The monoisotopic (exact) mass is 283 g/mol. The lowest BCUT2D eigenvalue weighted by atomic mass is 10.0. The van der Waals surface area contributed by atoms with E-state index in [9.17, 15) is 4.79 Å². The van der Waals surface area contributed by atoms with Gasteiger partial charge >= 0.3 is 0 Å². The van der Waals surface area contributed by atoms with Crippen LogP contribution < -0.4 is 5.32 Å². The van der Waals surface area contributed by atoms with E-state index in [2.05, 4.69) is 28.2 Å². The summed E-state index contributed by atoms with van der Waals surface area (Å²) in [7, 11) is 0. The Morgan fingerprint density at radius 1 is 1.38 bits per heavy atom. The van der Waals surface area contributed by atoms with Crippen molar-refractivity contribution in [3.05, 3.63) is 34.9 Å². The third-order valence-electron chi connectivity index (χ3n) is 2.72. The predicted molar refractivity (Wildman–Crippen MR) is 71.3 cm³/mol. The van der Waals surface area contributed by atoms with Gasteiger partial charge in [0.25, 0.3) is 5.91 Å². The molecule has 0 heterocycles. The number of carbonyl (C=O) groups excluding carboxylic acids is 1. The van der Waals surface area contributed by atoms with Gasteiger partial charge in [0.15, 0.2) is 0 Å². The van der Waals surface area contributed by atoms with Crippen LogP contribution in [0.2, 0.25) is 0 Å². The number of aryl methyl sites for hydroxylation is 2. The summed E-state index contributed by atoms with van der Waals surface area (Å²) in [6.07, 6.45) is 0.932. The zero-order chi connectivity index (χ0) is 12.1. The molecule has 0 fully saturated rings. The minimum atomic E-state index is 0.0295. The van der Waals surface area contributed by atoms with Crippen LogP contribution in [0.4, 0.5) is 0 Å². The molecule has 0 spiro atoms. The molecule has 1 unspecified atom stereocenters. The predicted octanol–water partition coefficient (Wildman–Crippen LogP) is 3.21. The van der Waals surface area contributed by atoms with Gasteiger partial charge in [0, 0.05) is 16.9 Å². The first-order chi connectivity index (χ1) is 7.60. The molecule has 1 aromatic carbocycles. The van der Waals surface area contributed by atoms with Gasteiger partial charge in [-0.15, -0.1) is 0 Å². The van der Waals surface area contributed by atoms with E-state index in [-0.39, 0.29) is 11.9 Å². The van der Waals surface area contributed by atoms with Crippen molar-refractivity contribution in [2.75, 3.05) is 5.33 Å². The molecular formula is C13H18BrNO. The smallest absolute Gasteiger partial charge is 0.252 e. The molecule has 3 heteroatoms. The summed E-state index contributed by atoms with van der Waals surface area (Å²) in [5.41, 5.74) is 2.87. The lowest BCUT2D eigenvalue weighted by Gasteiger charge is -2.16. The molecule has 0 aliphatic carbocycles. The maximum atomic E-state index is 12.1. The summed E-state index contributed by atoms with van der Waals surface area (Å²) in [4.78, 5) is 12.1. The SMILES string of the molecule is CCC(CBr)NC(=O)c1c(C)cccc1C. The van der Waals surface area contributed by atoms with Crippen molar-refractivity contribution >= 4 is 21.8 Å². The maximum Gasteiger partial charge on any atom is 0.252 e. The van der Waals surface area contributed by atoms with Gasteiger partial charge < -0.3 is 5.32 Å². The van der Waals surface area contributed by atoms with E-state index in [1.807, 2.05) is 32.0 Å². The Hall–Kier alpha value is -0.830. The molecule has 1 aromatic rings. The van der Waals surface area contributed by atoms with Crippen LogP contribution in [0.1, 0.15) is 34.8 Å². The average Bonchev–Trinajstić information content (AvgIpc) is 2.25. The van der Waals surface area contributed by atoms with Gasteiger partial charge in [-0.05, 0) is 31.4 Å². The Morgan fingerprint density at radius 3 is 2.38 bits per heavy atom. The zero-order valence-corrected chi connectivity index (χ0v) is 11.6. The second-order valence-corrected chi connectivity index (χ2v) is 4.65. The maximum absolute atomic E-state index is 12.1. The Morgan fingerprint density at radius 2 is 1.94 bits per heavy atom. The molecule has 1 amide bonds. The third-order valence-corrected chi connectivity index (χ3v) is 3.50. The Balaban J connectivity index is 2.88. The van der Waals surface area contributed by atoms with Crippen molar-refractivity contribution in [3.63, 3.8) is 0 Å². The average molecular weight is 284 g/mol. The van der Waals surface area contributed by atoms with Crippen LogP contribution in [0.3, 0.4) is 0 Å². The molecule has 1 N–H and O–H groups in total. The standard InChI is InChI=1S/C13H18BrNO/c1-4-11(8-14)15-13(16)12-9(2)6-5-7-10(12)3/h5-7,11H,4,8H2,1-3H3,(H,15,16). The molecule has 16 heavy (non-hydrogen) atoms. The van der Waals surface area contributed by atoms with Gasteiger partial charge in [-0.3, -0.25) is 4.79 Å². The highest BCUT2D eigenvalue weighted by atomic mass is 79.9. The third kappa shape index (κ3) is 3.08. The molecule has 1 atom stereocenters. The molecular weight excluding hydrogens is 266 g/mol. The Bertz CT molecular complexity index is 352. The van der Waals surface area contributed by atoms with Crippen LogP contribution >= 0.6 is 15.9 Å². The summed E-state index contributed by atoms with van der Waals surface area (Å²) in [5, 5.41) is 3.82. The molecule has 0 saturated carbocycles. The number of hydrogen-bond acceptors (Lipinski definition) is 1. The van der Waals surface area contributed by atoms with Crippen LogP contribution in [0.5, 0.6) is 0 Å². The zero-order valence-electron chi connectivity index (χ0n) is 10.0. The molecule has 0 aliphatic rings. The van der Waals surface area contributed by atoms with E-state index in [1.54, 1.807) is 0 Å². The first kappa shape index (κ1) is 13.2. The second kappa shape index (κ2) is 6.04. The number of halogens is 1. The van der Waals surface area contributed by atoms with Gasteiger partial charge in [0.05, 0.1) is 0 Å². The summed E-state index contributed by atoms with van der Waals surface area (Å²) in [6, 6.07) is 6.11. The van der Waals surface area contributed by atoms with Crippen LogP contribution in [0.25, 0.3) is 0 Å². The molecule has 0 radical (unpaired) electrons. The van der Waals surface area contributed by atoms with Crippen molar-refractivity contribution in [2.45, 2.75) is 33.2 Å². The summed E-state index contributed by atoms with van der Waals surface area (Å²) >= 11 is 3.40. The first-order valence-electron chi connectivity index (χ1n) is 5.53. The summed E-state index contributed by atoms with van der Waals surface area (Å²) < 4.78 is 0. The molecule has 88 valence electrons. The van der Waals surface area contributed by atoms with Gasteiger partial charge in [0.2, 0.25) is 0 Å². The number of nitrogens with one attached hydrogen (secondary N) is 1. The number of amides is 1. The van der Waals surface area contributed by atoms with Crippen LogP contribution in [-0.4, -0.2) is 17.3 Å². The summed E-state index contributed by atoms with van der Waals surface area (Å²) in [6.45, 7) is 6.00. The van der Waals surface area contributed by atoms with Crippen LogP contribution in [-0.2, 0) is 0 Å². The van der Waals surface area contributed by atoms with Crippen molar-refractivity contribution in [2.24, 2.45) is 0 Å². The normalized spacial score (nSPS) is 12.2. The van der Waals surface area contributed by atoms with Crippen molar-refractivity contribution in [1.82, 2.24) is 5.32 Å². The Labute approximate surface area is 106 Å². The van der Waals surface area contributed by atoms with Crippen LogP contribution in [0.15, 0.2) is 18.2 Å². The molecule has 0 aromatic heterocycles. The molecule has 2 nitrogen and oxygen atoms in total. The molecule has 0 saturated heterocycles. The van der Waals surface area contributed by atoms with E-state index < -0.39 is 0 Å². The number of carbonyl (C=O) groups is 1. The van der Waals surface area contributed by atoms with Crippen molar-refractivity contribution < 1.29 is 4.79 Å². The molecule has 0 bridgehead atoms. The van der Waals surface area contributed by atoms with E-state index in [0.29, 0.717) is 0 Å². The lowest BCUT2D eigenvalue weighted by Crippen LogP contribution is -2.36. The van der Waals surface area contributed by atoms with Crippen molar-refractivity contribution in [3.8, 4) is 0 Å². The van der Waals surface area contributed by atoms with Gasteiger partial charge in [-0.25, -0.2) is 0 Å². The van der Waals surface area contributed by atoms with E-state index in [0.717, 1.165) is 28.4 Å². The van der Waals surface area contributed by atoms with E-state index >= 15 is 0 Å². The minimum absolute atomic E-state index is 0.0295. The lowest BCUT2D eigenvalue weighted by molar-refractivity contribution is 0.0939. The largest absolute Gasteiger partial charge is 0.348 e. The van der Waals surface area contributed by atoms with Gasteiger partial charge in [-0.1, -0.05) is 41.1 Å². The fraction of sp³-hybridized carbons (Fsp3) is 0.462. The van der Waals surface area contributed by atoms with Gasteiger partial charge in [-0.2, -0.15) is 0 Å². The molecule has 0 aliphatic heterocycles. The molecule has 1 rings (SSSR count). The first-order valence-corrected chi connectivity index (χ1v) is 6.65. The highest BCUT2D eigenvalue weighted by Crippen LogP contribution is 2.13. The number of hydrogen-bond donors (Lipinski definition) is 1. The quantitative estimate of drug-likeness (QED) is 0.845. The van der Waals surface area contributed by atoms with Crippen molar-refractivity contribution in [1.29, 1.82) is 0 Å². The summed E-state index contributed by atoms with van der Waals surface area (Å²) in [5.74, 6) is 0.0295. The van der Waals surface area contributed by atoms with Crippen LogP contribution in [0, 0.1) is 13.8 Å². The number of benzene rings is 1.